The normalized spacial score (nSPS) is 11.8. The summed E-state index contributed by atoms with van der Waals surface area (Å²) in [6.45, 7) is 6.18. The highest BCUT2D eigenvalue weighted by atomic mass is 32.2. The van der Waals surface area contributed by atoms with Gasteiger partial charge in [-0.25, -0.2) is 0 Å². The zero-order valence-electron chi connectivity index (χ0n) is 11.8. The first-order valence-electron chi connectivity index (χ1n) is 6.40. The van der Waals surface area contributed by atoms with Gasteiger partial charge in [0, 0.05) is 9.75 Å². The molecule has 0 atom stereocenters. The fourth-order valence-electron chi connectivity index (χ4n) is 1.97. The molecule has 0 N–H and O–H groups in total. The standard InChI is InChI=1S/C15H18O3S2/c1-11-4-6-15(7-5-11)20(16,17)18-9-8-14-10-12(2)19-13(14)3/h4-7,10H,8-9H2,1-3H3. The second kappa shape index (κ2) is 6.08. The summed E-state index contributed by atoms with van der Waals surface area (Å²) in [7, 11) is -3.65. The molecule has 0 fully saturated rings. The van der Waals surface area contributed by atoms with Gasteiger partial charge in [0.1, 0.15) is 0 Å². The molecule has 2 aromatic rings. The Kier molecular flexibility index (Phi) is 4.62. The smallest absolute Gasteiger partial charge is 0.266 e. The maximum atomic E-state index is 12.0. The van der Waals surface area contributed by atoms with E-state index in [1.165, 1.54) is 9.75 Å². The third-order valence-corrected chi connectivity index (χ3v) is 5.40. The third-order valence-electron chi connectivity index (χ3n) is 3.06. The molecule has 2 rings (SSSR count). The molecule has 1 heterocycles. The SMILES string of the molecule is Cc1ccc(S(=O)(=O)OCCc2cc(C)sc2C)cc1. The molecule has 0 spiro atoms. The molecular weight excluding hydrogens is 292 g/mol. The maximum absolute atomic E-state index is 12.0. The molecule has 0 bridgehead atoms. The number of hydrogen-bond acceptors (Lipinski definition) is 4. The third kappa shape index (κ3) is 3.69. The van der Waals surface area contributed by atoms with E-state index >= 15 is 0 Å². The summed E-state index contributed by atoms with van der Waals surface area (Å²) in [4.78, 5) is 2.67. The first-order valence-corrected chi connectivity index (χ1v) is 8.63. The molecule has 0 saturated heterocycles. The van der Waals surface area contributed by atoms with Crippen LogP contribution < -0.4 is 0 Å². The van der Waals surface area contributed by atoms with Crippen molar-refractivity contribution in [1.82, 2.24) is 0 Å². The zero-order valence-corrected chi connectivity index (χ0v) is 13.5. The number of thiophene rings is 1. The van der Waals surface area contributed by atoms with Gasteiger partial charge in [-0.05, 0) is 51.0 Å². The molecule has 108 valence electrons. The highest BCUT2D eigenvalue weighted by Gasteiger charge is 2.15. The Morgan fingerprint density at radius 2 is 1.75 bits per heavy atom. The van der Waals surface area contributed by atoms with E-state index in [4.69, 9.17) is 4.18 Å². The van der Waals surface area contributed by atoms with E-state index in [-0.39, 0.29) is 11.5 Å². The fourth-order valence-corrected chi connectivity index (χ4v) is 3.85. The number of rotatable bonds is 5. The Labute approximate surface area is 124 Å². The van der Waals surface area contributed by atoms with E-state index < -0.39 is 10.1 Å². The van der Waals surface area contributed by atoms with Crippen molar-refractivity contribution in [3.63, 3.8) is 0 Å². The number of aryl methyl sites for hydroxylation is 3. The molecule has 1 aromatic heterocycles. The van der Waals surface area contributed by atoms with Gasteiger partial charge in [0.05, 0.1) is 11.5 Å². The summed E-state index contributed by atoms with van der Waals surface area (Å²) in [5, 5.41) is 0. The monoisotopic (exact) mass is 310 g/mol. The van der Waals surface area contributed by atoms with E-state index in [2.05, 4.69) is 6.07 Å². The largest absolute Gasteiger partial charge is 0.296 e. The summed E-state index contributed by atoms with van der Waals surface area (Å²) >= 11 is 1.72. The first-order chi connectivity index (χ1) is 9.38. The summed E-state index contributed by atoms with van der Waals surface area (Å²) in [6, 6.07) is 8.77. The van der Waals surface area contributed by atoms with Crippen LogP contribution >= 0.6 is 11.3 Å². The molecule has 20 heavy (non-hydrogen) atoms. The number of benzene rings is 1. The quantitative estimate of drug-likeness (QED) is 0.792. The average molecular weight is 310 g/mol. The van der Waals surface area contributed by atoms with Gasteiger partial charge in [-0.3, -0.25) is 4.18 Å². The second-order valence-corrected chi connectivity index (χ2v) is 7.85. The van der Waals surface area contributed by atoms with Gasteiger partial charge >= 0.3 is 0 Å². The predicted octanol–water partition coefficient (Wildman–Crippen LogP) is 3.62. The Morgan fingerprint density at radius 3 is 2.30 bits per heavy atom. The minimum atomic E-state index is -3.65. The van der Waals surface area contributed by atoms with E-state index in [9.17, 15) is 8.42 Å². The Hall–Kier alpha value is -1.17. The van der Waals surface area contributed by atoms with Crippen LogP contribution in [-0.2, 0) is 20.7 Å². The van der Waals surface area contributed by atoms with Crippen LogP contribution in [-0.4, -0.2) is 15.0 Å². The van der Waals surface area contributed by atoms with Gasteiger partial charge in [0.2, 0.25) is 0 Å². The van der Waals surface area contributed by atoms with Gasteiger partial charge < -0.3 is 0 Å². The van der Waals surface area contributed by atoms with Crippen LogP contribution in [0.2, 0.25) is 0 Å². The zero-order chi connectivity index (χ0) is 14.8. The lowest BCUT2D eigenvalue weighted by atomic mass is 10.2. The first kappa shape index (κ1) is 15.2. The van der Waals surface area contributed by atoms with E-state index in [0.29, 0.717) is 6.42 Å². The minimum Gasteiger partial charge on any atom is -0.266 e. The van der Waals surface area contributed by atoms with Crippen LogP contribution in [0.4, 0.5) is 0 Å². The van der Waals surface area contributed by atoms with Crippen LogP contribution in [0.3, 0.4) is 0 Å². The molecule has 0 aliphatic carbocycles. The van der Waals surface area contributed by atoms with E-state index in [1.54, 1.807) is 35.6 Å². The van der Waals surface area contributed by atoms with Crippen molar-refractivity contribution in [1.29, 1.82) is 0 Å². The number of hydrogen-bond donors (Lipinski definition) is 0. The molecule has 0 unspecified atom stereocenters. The molecule has 5 heteroatoms. The summed E-state index contributed by atoms with van der Waals surface area (Å²) in [6.07, 6.45) is 0.612. The maximum Gasteiger partial charge on any atom is 0.296 e. The molecule has 0 radical (unpaired) electrons. The van der Waals surface area contributed by atoms with Crippen molar-refractivity contribution in [2.24, 2.45) is 0 Å². The van der Waals surface area contributed by atoms with Crippen LogP contribution in [0, 0.1) is 20.8 Å². The Morgan fingerprint density at radius 1 is 1.10 bits per heavy atom. The molecule has 0 saturated carbocycles. The van der Waals surface area contributed by atoms with Crippen molar-refractivity contribution in [2.45, 2.75) is 32.1 Å². The van der Waals surface area contributed by atoms with Gasteiger partial charge in [-0.2, -0.15) is 8.42 Å². The van der Waals surface area contributed by atoms with Gasteiger partial charge in [0.25, 0.3) is 10.1 Å². The van der Waals surface area contributed by atoms with E-state index in [0.717, 1.165) is 11.1 Å². The van der Waals surface area contributed by atoms with Gasteiger partial charge in [-0.1, -0.05) is 17.7 Å². The van der Waals surface area contributed by atoms with Crippen molar-refractivity contribution >= 4 is 21.5 Å². The molecule has 1 aromatic carbocycles. The summed E-state index contributed by atoms with van der Waals surface area (Å²) in [5.74, 6) is 0. The Bertz CT molecular complexity index is 682. The fraction of sp³-hybridized carbons (Fsp3) is 0.333. The lowest BCUT2D eigenvalue weighted by Gasteiger charge is -2.06. The lowest BCUT2D eigenvalue weighted by Crippen LogP contribution is -2.09. The predicted molar refractivity (Wildman–Crippen MR) is 81.8 cm³/mol. The average Bonchev–Trinajstić information content (AvgIpc) is 2.68. The topological polar surface area (TPSA) is 43.4 Å². The molecule has 0 aliphatic heterocycles. The lowest BCUT2D eigenvalue weighted by molar-refractivity contribution is 0.322. The highest BCUT2D eigenvalue weighted by Crippen LogP contribution is 2.21. The second-order valence-electron chi connectivity index (χ2n) is 4.78. The van der Waals surface area contributed by atoms with Crippen LogP contribution in [0.5, 0.6) is 0 Å². The van der Waals surface area contributed by atoms with E-state index in [1.807, 2.05) is 20.8 Å². The van der Waals surface area contributed by atoms with Crippen LogP contribution in [0.1, 0.15) is 20.9 Å². The van der Waals surface area contributed by atoms with Crippen molar-refractivity contribution in [2.75, 3.05) is 6.61 Å². The highest BCUT2D eigenvalue weighted by molar-refractivity contribution is 7.86. The van der Waals surface area contributed by atoms with Gasteiger partial charge in [0.15, 0.2) is 0 Å². The molecular formula is C15H18O3S2. The van der Waals surface area contributed by atoms with Crippen LogP contribution in [0.15, 0.2) is 35.2 Å². The van der Waals surface area contributed by atoms with Crippen molar-refractivity contribution in [3.8, 4) is 0 Å². The van der Waals surface area contributed by atoms with Crippen molar-refractivity contribution in [3.05, 3.63) is 51.2 Å². The Balaban J connectivity index is 1.99. The molecule has 0 amide bonds. The molecule has 0 aliphatic rings. The van der Waals surface area contributed by atoms with Crippen molar-refractivity contribution < 1.29 is 12.6 Å². The van der Waals surface area contributed by atoms with Crippen LogP contribution in [0.25, 0.3) is 0 Å². The summed E-state index contributed by atoms with van der Waals surface area (Å²) in [5.41, 5.74) is 2.18. The molecule has 3 nitrogen and oxygen atoms in total. The summed E-state index contributed by atoms with van der Waals surface area (Å²) < 4.78 is 29.1. The van der Waals surface area contributed by atoms with Gasteiger partial charge in [-0.15, -0.1) is 11.3 Å². The minimum absolute atomic E-state index is 0.174.